The highest BCUT2D eigenvalue weighted by atomic mass is 127. The first-order valence-electron chi connectivity index (χ1n) is 11.9. The third-order valence-electron chi connectivity index (χ3n) is 6.25. The first-order chi connectivity index (χ1) is 17.8. The number of fused-ring (bicyclic) bond motifs is 3. The molecule has 2 aromatic rings. The van der Waals surface area contributed by atoms with E-state index in [4.69, 9.17) is 18.9 Å². The van der Waals surface area contributed by atoms with Crippen molar-refractivity contribution >= 4 is 46.2 Å². The van der Waals surface area contributed by atoms with Crippen molar-refractivity contribution in [1.29, 1.82) is 0 Å². The summed E-state index contributed by atoms with van der Waals surface area (Å²) < 4.78 is 23.9. The molecule has 0 radical (unpaired) electrons. The SMILES string of the molecule is COc1c(COC(=O)CCCI)c2c(c(OC)c1OC)-c1ccc(SC)c(=O)cc1[C@H](NC(C)=O)CC2. The molecule has 0 saturated heterocycles. The van der Waals surface area contributed by atoms with Gasteiger partial charge in [-0.05, 0) is 54.3 Å². The average Bonchev–Trinajstić information content (AvgIpc) is 3.13. The molecule has 0 aromatic heterocycles. The normalized spacial score (nSPS) is 14.1. The standard InChI is InChI=1S/C27H32INO7S/c1-15(30)29-20-10-8-17-19(14-36-23(32)7-6-12-28)25(33-2)27(35-4)26(34-3)24(17)16-9-11-22(37-5)21(31)13-18(16)20/h9,11,13,20H,6-8,10,12,14H2,1-5H3,(H,29,30)/t20-/m1/s1. The molecule has 1 aliphatic rings. The van der Waals surface area contributed by atoms with E-state index in [0.717, 1.165) is 27.5 Å². The predicted octanol–water partition coefficient (Wildman–Crippen LogP) is 4.84. The minimum Gasteiger partial charge on any atom is -0.492 e. The minimum atomic E-state index is -0.407. The summed E-state index contributed by atoms with van der Waals surface area (Å²) in [6.45, 7) is 1.45. The van der Waals surface area contributed by atoms with Crippen LogP contribution < -0.4 is 25.0 Å². The second-order valence-corrected chi connectivity index (χ2v) is 10.4. The molecule has 0 unspecified atom stereocenters. The van der Waals surface area contributed by atoms with Gasteiger partial charge in [0, 0.05) is 28.9 Å². The van der Waals surface area contributed by atoms with Gasteiger partial charge in [0.2, 0.25) is 11.7 Å². The largest absolute Gasteiger partial charge is 0.492 e. The van der Waals surface area contributed by atoms with Crippen molar-refractivity contribution in [1.82, 2.24) is 5.32 Å². The summed E-state index contributed by atoms with van der Waals surface area (Å²) in [4.78, 5) is 38.1. The van der Waals surface area contributed by atoms with E-state index in [2.05, 4.69) is 27.9 Å². The number of hydrogen-bond donors (Lipinski definition) is 1. The lowest BCUT2D eigenvalue weighted by atomic mass is 9.91. The first-order valence-corrected chi connectivity index (χ1v) is 14.6. The monoisotopic (exact) mass is 641 g/mol. The molecule has 0 spiro atoms. The van der Waals surface area contributed by atoms with Crippen LogP contribution >= 0.6 is 34.4 Å². The Bertz CT molecular complexity index is 1230. The van der Waals surface area contributed by atoms with Crippen LogP contribution in [0, 0.1) is 0 Å². The van der Waals surface area contributed by atoms with Crippen LogP contribution in [-0.2, 0) is 27.4 Å². The van der Waals surface area contributed by atoms with Crippen LogP contribution in [0.25, 0.3) is 11.1 Å². The molecular weight excluding hydrogens is 609 g/mol. The van der Waals surface area contributed by atoms with Crippen molar-refractivity contribution < 1.29 is 28.5 Å². The molecule has 37 heavy (non-hydrogen) atoms. The molecule has 0 aliphatic heterocycles. The second-order valence-electron chi connectivity index (χ2n) is 8.46. The molecule has 1 N–H and O–H groups in total. The molecule has 8 nitrogen and oxygen atoms in total. The molecule has 0 fully saturated rings. The molecule has 1 atom stereocenters. The van der Waals surface area contributed by atoms with Crippen molar-refractivity contribution in [2.45, 2.75) is 50.2 Å². The average molecular weight is 642 g/mol. The van der Waals surface area contributed by atoms with Crippen LogP contribution in [0.4, 0.5) is 0 Å². The van der Waals surface area contributed by atoms with E-state index in [9.17, 15) is 14.4 Å². The van der Waals surface area contributed by atoms with Crippen molar-refractivity contribution in [3.05, 3.63) is 45.1 Å². The Balaban J connectivity index is 2.36. The number of thioether (sulfide) groups is 1. The Morgan fingerprint density at radius 3 is 2.41 bits per heavy atom. The van der Waals surface area contributed by atoms with E-state index in [1.165, 1.54) is 32.9 Å². The van der Waals surface area contributed by atoms with Crippen molar-refractivity contribution in [3.8, 4) is 28.4 Å². The summed E-state index contributed by atoms with van der Waals surface area (Å²) in [6.07, 6.45) is 3.94. The lowest BCUT2D eigenvalue weighted by Crippen LogP contribution is -2.26. The fraction of sp³-hybridized carbons (Fsp3) is 0.444. The van der Waals surface area contributed by atoms with Crippen LogP contribution in [-0.4, -0.2) is 43.9 Å². The number of hydrogen-bond acceptors (Lipinski definition) is 8. The zero-order valence-corrected chi connectivity index (χ0v) is 24.7. The van der Waals surface area contributed by atoms with Crippen LogP contribution in [0.3, 0.4) is 0 Å². The number of carbonyl (C=O) groups is 2. The molecule has 1 amide bonds. The fourth-order valence-corrected chi connectivity index (χ4v) is 5.52. The highest BCUT2D eigenvalue weighted by molar-refractivity contribution is 14.1. The summed E-state index contributed by atoms with van der Waals surface area (Å²) >= 11 is 3.59. The van der Waals surface area contributed by atoms with Crippen molar-refractivity contribution in [2.24, 2.45) is 0 Å². The number of ether oxygens (including phenoxy) is 4. The molecule has 200 valence electrons. The fourth-order valence-electron chi connectivity index (χ4n) is 4.68. The Hall–Kier alpha value is -2.47. The quantitative estimate of drug-likeness (QED) is 0.170. The number of benzene rings is 1. The second kappa shape index (κ2) is 13.4. The third-order valence-corrected chi connectivity index (χ3v) is 7.79. The molecule has 0 saturated carbocycles. The smallest absolute Gasteiger partial charge is 0.306 e. The summed E-state index contributed by atoms with van der Waals surface area (Å²) in [6, 6.07) is 4.85. The van der Waals surface area contributed by atoms with Crippen molar-refractivity contribution in [3.63, 3.8) is 0 Å². The number of halogens is 1. The number of methoxy groups -OCH3 is 3. The van der Waals surface area contributed by atoms with Gasteiger partial charge in [-0.3, -0.25) is 14.4 Å². The van der Waals surface area contributed by atoms with E-state index < -0.39 is 6.04 Å². The van der Waals surface area contributed by atoms with Gasteiger partial charge in [0.15, 0.2) is 16.9 Å². The Morgan fingerprint density at radius 1 is 1.11 bits per heavy atom. The maximum atomic E-state index is 13.0. The highest BCUT2D eigenvalue weighted by Crippen LogP contribution is 2.52. The number of nitrogens with one attached hydrogen (secondary N) is 1. The van der Waals surface area contributed by atoms with Gasteiger partial charge in [0.1, 0.15) is 6.61 Å². The summed E-state index contributed by atoms with van der Waals surface area (Å²) in [5.74, 6) is 0.749. The van der Waals surface area contributed by atoms with Gasteiger partial charge in [0.05, 0.1) is 32.3 Å². The highest BCUT2D eigenvalue weighted by Gasteiger charge is 2.33. The van der Waals surface area contributed by atoms with E-state index in [1.54, 1.807) is 19.2 Å². The predicted molar refractivity (Wildman–Crippen MR) is 152 cm³/mol. The van der Waals surface area contributed by atoms with E-state index in [-0.39, 0.29) is 23.9 Å². The Labute approximate surface area is 234 Å². The number of alkyl halides is 1. The van der Waals surface area contributed by atoms with Crippen LogP contribution in [0.2, 0.25) is 0 Å². The van der Waals surface area contributed by atoms with Gasteiger partial charge < -0.3 is 24.3 Å². The van der Waals surface area contributed by atoms with Gasteiger partial charge in [-0.2, -0.15) is 0 Å². The molecule has 3 rings (SSSR count). The number of rotatable bonds is 10. The summed E-state index contributed by atoms with van der Waals surface area (Å²) in [7, 11) is 4.60. The zero-order valence-electron chi connectivity index (χ0n) is 21.7. The van der Waals surface area contributed by atoms with Gasteiger partial charge in [-0.15, -0.1) is 11.8 Å². The zero-order chi connectivity index (χ0) is 27.1. The maximum absolute atomic E-state index is 13.0. The summed E-state index contributed by atoms with van der Waals surface area (Å²) in [5.41, 5.74) is 3.55. The number of carbonyl (C=O) groups excluding carboxylic acids is 2. The van der Waals surface area contributed by atoms with Crippen LogP contribution in [0.15, 0.2) is 27.9 Å². The van der Waals surface area contributed by atoms with Gasteiger partial charge in [0.25, 0.3) is 0 Å². The number of amides is 1. The molecule has 10 heteroatoms. The third kappa shape index (κ3) is 6.34. The van der Waals surface area contributed by atoms with Gasteiger partial charge >= 0.3 is 5.97 Å². The van der Waals surface area contributed by atoms with Gasteiger partial charge in [-0.25, -0.2) is 0 Å². The molecule has 0 bridgehead atoms. The topological polar surface area (TPSA) is 100 Å². The van der Waals surface area contributed by atoms with Crippen LogP contribution in [0.1, 0.15) is 48.9 Å². The Kier molecular flexibility index (Phi) is 10.5. The van der Waals surface area contributed by atoms with E-state index >= 15 is 0 Å². The maximum Gasteiger partial charge on any atom is 0.306 e. The van der Waals surface area contributed by atoms with Crippen molar-refractivity contribution in [2.75, 3.05) is 32.0 Å². The molecule has 1 aliphatic carbocycles. The van der Waals surface area contributed by atoms with E-state index in [0.29, 0.717) is 52.5 Å². The molecule has 0 heterocycles. The lowest BCUT2D eigenvalue weighted by Gasteiger charge is -2.23. The first kappa shape index (κ1) is 29.1. The van der Waals surface area contributed by atoms with Crippen LogP contribution in [0.5, 0.6) is 17.2 Å². The minimum absolute atomic E-state index is 0.00605. The molecular formula is C27H32INO7S. The number of esters is 1. The Morgan fingerprint density at radius 2 is 1.81 bits per heavy atom. The van der Waals surface area contributed by atoms with E-state index in [1.807, 2.05) is 12.3 Å². The van der Waals surface area contributed by atoms with Gasteiger partial charge in [-0.1, -0.05) is 28.7 Å². The lowest BCUT2D eigenvalue weighted by molar-refractivity contribution is -0.145. The summed E-state index contributed by atoms with van der Waals surface area (Å²) in [5, 5.41) is 3.00. The molecule has 2 aromatic carbocycles.